The Morgan fingerprint density at radius 2 is 1.74 bits per heavy atom. The number of nitrogens with two attached hydrogens (primary N) is 2. The Morgan fingerprint density at radius 1 is 1.05 bits per heavy atom. The van der Waals surface area contributed by atoms with E-state index in [1.165, 1.54) is 18.2 Å². The Labute approximate surface area is 115 Å². The van der Waals surface area contributed by atoms with E-state index < -0.39 is 10.0 Å². The zero-order valence-corrected chi connectivity index (χ0v) is 11.3. The number of hydrogen-bond acceptors (Lipinski definition) is 4. The van der Waals surface area contributed by atoms with Crippen LogP contribution in [0, 0.1) is 0 Å². The Bertz CT molecular complexity index is 717. The topological polar surface area (TPSA) is 95.4 Å². The molecule has 2 rings (SSSR count). The largest absolute Gasteiger partial charge is 0.457 e. The second-order valence-corrected chi connectivity index (χ2v) is 5.77. The van der Waals surface area contributed by atoms with Crippen molar-refractivity contribution in [3.8, 4) is 11.5 Å². The number of benzene rings is 2. The van der Waals surface area contributed by atoms with Crippen LogP contribution in [0.3, 0.4) is 0 Å². The first kappa shape index (κ1) is 13.7. The lowest BCUT2D eigenvalue weighted by Gasteiger charge is -2.08. The van der Waals surface area contributed by atoms with Gasteiger partial charge in [-0.3, -0.25) is 0 Å². The van der Waals surface area contributed by atoms with Crippen LogP contribution in [-0.4, -0.2) is 8.42 Å². The van der Waals surface area contributed by atoms with Crippen LogP contribution in [0.4, 0.5) is 5.69 Å². The van der Waals surface area contributed by atoms with Gasteiger partial charge in [0.25, 0.3) is 0 Å². The minimum absolute atomic E-state index is 0.0297. The molecule has 0 atom stereocenters. The van der Waals surface area contributed by atoms with Crippen molar-refractivity contribution in [1.82, 2.24) is 0 Å². The summed E-state index contributed by atoms with van der Waals surface area (Å²) in [5, 5.41) is 5.55. The molecule has 0 spiro atoms. The molecule has 0 heterocycles. The van der Waals surface area contributed by atoms with E-state index in [4.69, 9.17) is 27.2 Å². The van der Waals surface area contributed by atoms with E-state index in [1.54, 1.807) is 24.3 Å². The molecular weight excluding hydrogens is 288 g/mol. The first-order valence-corrected chi connectivity index (χ1v) is 7.14. The molecule has 100 valence electrons. The molecule has 7 heteroatoms. The van der Waals surface area contributed by atoms with Crippen LogP contribution < -0.4 is 15.6 Å². The van der Waals surface area contributed by atoms with Gasteiger partial charge in [0, 0.05) is 11.1 Å². The van der Waals surface area contributed by atoms with Crippen LogP contribution in [0.1, 0.15) is 0 Å². The predicted octanol–water partition coefficient (Wildman–Crippen LogP) is 2.36. The van der Waals surface area contributed by atoms with Crippen molar-refractivity contribution < 1.29 is 13.2 Å². The second-order valence-electron chi connectivity index (χ2n) is 3.80. The molecule has 5 nitrogen and oxygen atoms in total. The Morgan fingerprint density at radius 3 is 2.32 bits per heavy atom. The van der Waals surface area contributed by atoms with Gasteiger partial charge < -0.3 is 10.5 Å². The lowest BCUT2D eigenvalue weighted by atomic mass is 10.3. The average Bonchev–Trinajstić information content (AvgIpc) is 2.27. The molecule has 0 bridgehead atoms. The summed E-state index contributed by atoms with van der Waals surface area (Å²) in [4.78, 5) is -0.133. The zero-order valence-electron chi connectivity index (χ0n) is 9.71. The normalized spacial score (nSPS) is 11.3. The highest BCUT2D eigenvalue weighted by Gasteiger charge is 2.12. The maximum atomic E-state index is 11.2. The lowest BCUT2D eigenvalue weighted by Crippen LogP contribution is -2.14. The molecular formula is C12H11ClN2O3S. The minimum atomic E-state index is -3.83. The van der Waals surface area contributed by atoms with E-state index in [0.717, 1.165) is 0 Å². The van der Waals surface area contributed by atoms with Gasteiger partial charge in [-0.15, -0.1) is 0 Å². The average molecular weight is 299 g/mol. The second kappa shape index (κ2) is 5.08. The zero-order chi connectivity index (χ0) is 14.0. The van der Waals surface area contributed by atoms with E-state index in [9.17, 15) is 8.42 Å². The summed E-state index contributed by atoms with van der Waals surface area (Å²) >= 11 is 5.83. The smallest absolute Gasteiger partial charge is 0.240 e. The Hall–Kier alpha value is -1.76. The van der Waals surface area contributed by atoms with Crippen molar-refractivity contribution in [1.29, 1.82) is 0 Å². The van der Waals surface area contributed by atoms with Gasteiger partial charge in [0.15, 0.2) is 0 Å². The molecule has 0 aromatic heterocycles. The third-order valence-corrected chi connectivity index (χ3v) is 3.54. The summed E-state index contributed by atoms with van der Waals surface area (Å²) in [5.41, 5.74) is 5.66. The van der Waals surface area contributed by atoms with Gasteiger partial charge in [-0.25, -0.2) is 13.6 Å². The summed E-state index contributed by atoms with van der Waals surface area (Å²) in [5.74, 6) is 0.919. The number of ether oxygens (including phenoxy) is 1. The molecule has 2 aromatic carbocycles. The molecule has 4 N–H and O–H groups in total. The van der Waals surface area contributed by atoms with Gasteiger partial charge in [0.2, 0.25) is 10.0 Å². The SMILES string of the molecule is Nc1cc(Oc2cccc(Cl)c2)ccc1S(N)(=O)=O. The maximum absolute atomic E-state index is 11.2. The molecule has 0 radical (unpaired) electrons. The fraction of sp³-hybridized carbons (Fsp3) is 0. The fourth-order valence-electron chi connectivity index (χ4n) is 1.52. The van der Waals surface area contributed by atoms with Crippen LogP contribution >= 0.6 is 11.6 Å². The number of sulfonamides is 1. The summed E-state index contributed by atoms with van der Waals surface area (Å²) < 4.78 is 27.9. The predicted molar refractivity (Wildman–Crippen MR) is 73.8 cm³/mol. The van der Waals surface area contributed by atoms with Crippen molar-refractivity contribution in [2.45, 2.75) is 4.90 Å². The summed E-state index contributed by atoms with van der Waals surface area (Å²) in [6, 6.07) is 11.0. The van der Waals surface area contributed by atoms with Gasteiger partial charge in [-0.1, -0.05) is 17.7 Å². The molecule has 19 heavy (non-hydrogen) atoms. The molecule has 0 saturated heterocycles. The summed E-state index contributed by atoms with van der Waals surface area (Å²) in [7, 11) is -3.83. The van der Waals surface area contributed by atoms with E-state index in [0.29, 0.717) is 16.5 Å². The van der Waals surface area contributed by atoms with Gasteiger partial charge >= 0.3 is 0 Å². The van der Waals surface area contributed by atoms with Gasteiger partial charge in [-0.05, 0) is 30.3 Å². The number of halogens is 1. The van der Waals surface area contributed by atoms with Crippen molar-refractivity contribution in [3.05, 3.63) is 47.5 Å². The van der Waals surface area contributed by atoms with Crippen molar-refractivity contribution in [2.75, 3.05) is 5.73 Å². The van der Waals surface area contributed by atoms with E-state index >= 15 is 0 Å². The lowest BCUT2D eigenvalue weighted by molar-refractivity contribution is 0.482. The van der Waals surface area contributed by atoms with Gasteiger partial charge in [0.1, 0.15) is 16.4 Å². The molecule has 2 aromatic rings. The van der Waals surface area contributed by atoms with Crippen LogP contribution in [0.15, 0.2) is 47.4 Å². The maximum Gasteiger partial charge on any atom is 0.240 e. The van der Waals surface area contributed by atoms with Crippen molar-refractivity contribution in [3.63, 3.8) is 0 Å². The molecule has 0 fully saturated rings. The van der Waals surface area contributed by atoms with Crippen LogP contribution in [-0.2, 0) is 10.0 Å². The first-order chi connectivity index (χ1) is 8.86. The number of anilines is 1. The molecule has 0 aliphatic carbocycles. The summed E-state index contributed by atoms with van der Waals surface area (Å²) in [6.45, 7) is 0. The highest BCUT2D eigenvalue weighted by Crippen LogP contribution is 2.28. The number of rotatable bonds is 3. The van der Waals surface area contributed by atoms with E-state index in [1.807, 2.05) is 0 Å². The highest BCUT2D eigenvalue weighted by molar-refractivity contribution is 7.89. The fourth-order valence-corrected chi connectivity index (χ4v) is 2.34. The molecule has 0 amide bonds. The number of primary sulfonamides is 1. The van der Waals surface area contributed by atoms with Gasteiger partial charge in [-0.2, -0.15) is 0 Å². The monoisotopic (exact) mass is 298 g/mol. The van der Waals surface area contributed by atoms with Crippen molar-refractivity contribution >= 4 is 27.3 Å². The quantitative estimate of drug-likeness (QED) is 0.850. The molecule has 0 aliphatic rings. The Kier molecular flexibility index (Phi) is 3.66. The van der Waals surface area contributed by atoms with Crippen molar-refractivity contribution in [2.24, 2.45) is 5.14 Å². The molecule has 0 saturated carbocycles. The van der Waals surface area contributed by atoms with Crippen LogP contribution in [0.2, 0.25) is 5.02 Å². The standard InChI is InChI=1S/C12H11ClN2O3S/c13-8-2-1-3-9(6-8)18-10-4-5-12(11(14)7-10)19(15,16)17/h1-7H,14H2,(H2,15,16,17). The molecule has 0 unspecified atom stereocenters. The van der Waals surface area contributed by atoms with Gasteiger partial charge in [0.05, 0.1) is 5.69 Å². The number of hydrogen-bond donors (Lipinski definition) is 2. The Balaban J connectivity index is 2.31. The van der Waals surface area contributed by atoms with Crippen LogP contribution in [0.5, 0.6) is 11.5 Å². The minimum Gasteiger partial charge on any atom is -0.457 e. The third kappa shape index (κ3) is 3.37. The number of nitrogen functional groups attached to an aromatic ring is 1. The first-order valence-electron chi connectivity index (χ1n) is 5.22. The third-order valence-electron chi connectivity index (χ3n) is 2.32. The summed E-state index contributed by atoms with van der Waals surface area (Å²) in [6.07, 6.45) is 0. The molecule has 0 aliphatic heterocycles. The van der Waals surface area contributed by atoms with E-state index in [-0.39, 0.29) is 10.6 Å². The van der Waals surface area contributed by atoms with E-state index in [2.05, 4.69) is 0 Å². The highest BCUT2D eigenvalue weighted by atomic mass is 35.5. The van der Waals surface area contributed by atoms with Crippen LogP contribution in [0.25, 0.3) is 0 Å².